The number of rotatable bonds is 20. The molecular weight excluding hydrogens is 750 g/mol. The van der Waals surface area contributed by atoms with Crippen molar-refractivity contribution in [1.29, 1.82) is 0 Å². The van der Waals surface area contributed by atoms with Crippen molar-refractivity contribution < 1.29 is 47.9 Å². The molecule has 57 heavy (non-hydrogen) atoms. The van der Waals surface area contributed by atoms with Gasteiger partial charge in [0, 0.05) is 24.9 Å². The molecule has 9 atom stereocenters. The Labute approximate surface area is 329 Å². The summed E-state index contributed by atoms with van der Waals surface area (Å²) in [5.74, 6) is -6.80. The van der Waals surface area contributed by atoms with Crippen LogP contribution in [0.4, 0.5) is 0 Å². The fourth-order valence-corrected chi connectivity index (χ4v) is 5.33. The van der Waals surface area contributed by atoms with Gasteiger partial charge in [-0.15, -0.1) is 0 Å². The van der Waals surface area contributed by atoms with Gasteiger partial charge >= 0.3 is 0 Å². The number of amides is 10. The van der Waals surface area contributed by atoms with Gasteiger partial charge in [0.25, 0.3) is 0 Å². The van der Waals surface area contributed by atoms with Crippen LogP contribution in [0.1, 0.15) is 67.0 Å². The minimum Gasteiger partial charge on any atom is -0.368 e. The molecule has 1 saturated heterocycles. The first-order valence-electron chi connectivity index (χ1n) is 18.3. The van der Waals surface area contributed by atoms with E-state index < -0.39 is 120 Å². The van der Waals surface area contributed by atoms with Gasteiger partial charge in [-0.3, -0.25) is 47.9 Å². The highest BCUT2D eigenvalue weighted by atomic mass is 16.2. The smallest absolute Gasteiger partial charge is 0.245 e. The van der Waals surface area contributed by atoms with E-state index in [2.05, 4.69) is 52.5 Å². The average molecular weight is 806 g/mol. The number of nitrogens with two attached hydrogens (primary N) is 2. The van der Waals surface area contributed by atoms with Crippen LogP contribution in [0, 0.1) is 0 Å². The summed E-state index contributed by atoms with van der Waals surface area (Å²) in [5.41, 5.74) is 11.6. The van der Waals surface area contributed by atoms with E-state index in [1.807, 2.05) is 0 Å². The molecule has 1 aliphatic heterocycles. The molecule has 10 amide bonds. The number of nitrogens with one attached hydrogen (secondary N) is 9. The molecular formula is C34H55N13O10. The molecule has 0 radical (unpaired) electrons. The number of hydrogen-bond donors (Lipinski definition) is 11. The minimum atomic E-state index is -1.16. The van der Waals surface area contributed by atoms with Crippen molar-refractivity contribution in [2.24, 2.45) is 11.5 Å². The van der Waals surface area contributed by atoms with E-state index in [4.69, 9.17) is 11.5 Å². The average Bonchev–Trinajstić information content (AvgIpc) is 3.86. The fraction of sp³-hybridized carbons (Fsp3) is 0.618. The first-order valence-corrected chi connectivity index (χ1v) is 18.3. The van der Waals surface area contributed by atoms with E-state index in [9.17, 15) is 47.9 Å². The second-order valence-electron chi connectivity index (χ2n) is 13.9. The molecule has 0 bridgehead atoms. The highest BCUT2D eigenvalue weighted by Crippen LogP contribution is 2.19. The zero-order valence-corrected chi connectivity index (χ0v) is 33.0. The molecule has 1 aliphatic rings. The topological polar surface area (TPSA) is 351 Å². The molecule has 2 heterocycles. The van der Waals surface area contributed by atoms with Gasteiger partial charge in [-0.1, -0.05) is 0 Å². The molecule has 316 valence electrons. The van der Waals surface area contributed by atoms with Crippen molar-refractivity contribution in [1.82, 2.24) is 57.4 Å². The van der Waals surface area contributed by atoms with E-state index in [1.165, 1.54) is 65.9 Å². The summed E-state index contributed by atoms with van der Waals surface area (Å²) in [4.78, 5) is 133. The number of aromatic nitrogens is 2. The van der Waals surface area contributed by atoms with Crippen LogP contribution in [0.5, 0.6) is 0 Å². The van der Waals surface area contributed by atoms with E-state index in [1.54, 1.807) is 0 Å². The van der Waals surface area contributed by atoms with Crippen molar-refractivity contribution >= 4 is 59.1 Å². The number of aromatic amines is 1. The summed E-state index contributed by atoms with van der Waals surface area (Å²) in [6.45, 7) is 9.39. The highest BCUT2D eigenvalue weighted by Gasteiger charge is 2.38. The number of imidazole rings is 1. The molecule has 0 aromatic carbocycles. The maximum absolute atomic E-state index is 13.3. The second-order valence-corrected chi connectivity index (χ2v) is 13.9. The Bertz CT molecular complexity index is 1660. The van der Waals surface area contributed by atoms with E-state index in [0.29, 0.717) is 12.1 Å². The lowest BCUT2D eigenvalue weighted by molar-refractivity contribution is -0.142. The number of H-pyrrole nitrogens is 1. The van der Waals surface area contributed by atoms with E-state index in [0.717, 1.165) is 0 Å². The molecule has 0 saturated carbocycles. The van der Waals surface area contributed by atoms with Gasteiger partial charge in [0.05, 0.1) is 18.9 Å². The Kier molecular flexibility index (Phi) is 18.0. The third-order valence-electron chi connectivity index (χ3n) is 8.89. The molecule has 1 fully saturated rings. The normalized spacial score (nSPS) is 17.8. The summed E-state index contributed by atoms with van der Waals surface area (Å²) < 4.78 is 0. The molecule has 0 spiro atoms. The predicted octanol–water partition coefficient (Wildman–Crippen LogP) is -5.60. The molecule has 1 aromatic heterocycles. The van der Waals surface area contributed by atoms with Crippen LogP contribution in [-0.4, -0.2) is 141 Å². The molecule has 0 unspecified atom stereocenters. The first kappa shape index (κ1) is 47.0. The van der Waals surface area contributed by atoms with Gasteiger partial charge < -0.3 is 63.9 Å². The van der Waals surface area contributed by atoms with E-state index >= 15 is 0 Å². The third kappa shape index (κ3) is 14.8. The van der Waals surface area contributed by atoms with Gasteiger partial charge in [0.15, 0.2) is 0 Å². The summed E-state index contributed by atoms with van der Waals surface area (Å²) >= 11 is 0. The summed E-state index contributed by atoms with van der Waals surface area (Å²) in [6.07, 6.45) is 3.91. The van der Waals surface area contributed by atoms with E-state index in [-0.39, 0.29) is 19.4 Å². The fourth-order valence-electron chi connectivity index (χ4n) is 5.33. The predicted molar refractivity (Wildman–Crippen MR) is 200 cm³/mol. The van der Waals surface area contributed by atoms with Crippen LogP contribution in [-0.2, 0) is 54.4 Å². The Morgan fingerprint density at radius 1 is 0.684 bits per heavy atom. The van der Waals surface area contributed by atoms with Gasteiger partial charge in [-0.05, 0) is 61.3 Å². The summed E-state index contributed by atoms with van der Waals surface area (Å²) in [7, 11) is 0. The number of likely N-dealkylation sites (tertiary alicyclic amines) is 1. The van der Waals surface area contributed by atoms with Crippen molar-refractivity contribution in [2.75, 3.05) is 13.1 Å². The van der Waals surface area contributed by atoms with Crippen LogP contribution in [0.15, 0.2) is 12.5 Å². The van der Waals surface area contributed by atoms with Gasteiger partial charge in [0.1, 0.15) is 48.3 Å². The van der Waals surface area contributed by atoms with Crippen molar-refractivity contribution in [2.45, 2.75) is 122 Å². The van der Waals surface area contributed by atoms with Crippen LogP contribution in [0.25, 0.3) is 0 Å². The standard InChI is InChI=1S/C34H55N13O10/c1-15(26(36)49)40-25(48)13-38-27(50)16(2)41-28(51)17(3)42-29(52)18(4)43-30(53)20(6)45-33(56)24-9-8-10-47(24)34(57)21(7)46-31(54)19(5)44-32(55)23(35)11-22-12-37-14-39-22/h12,14-21,23-24H,8-11,13,35H2,1-7H3,(H2,36,49)(H,37,39)(H,38,50)(H,40,48)(H,41,51)(H,42,52)(H,43,53)(H,44,55)(H,45,56)(H,46,54)/t15-,16-,17-,18-,19-,20-,21-,23-,24-/m0/s1. The largest absolute Gasteiger partial charge is 0.368 e. The maximum Gasteiger partial charge on any atom is 0.245 e. The van der Waals surface area contributed by atoms with Crippen molar-refractivity contribution in [3.8, 4) is 0 Å². The van der Waals surface area contributed by atoms with Crippen LogP contribution >= 0.6 is 0 Å². The maximum atomic E-state index is 13.3. The van der Waals surface area contributed by atoms with Gasteiger partial charge in [-0.2, -0.15) is 0 Å². The molecule has 1 aromatic rings. The second kappa shape index (κ2) is 21.8. The minimum absolute atomic E-state index is 0.167. The number of carbonyl (C=O) groups excluding carboxylic acids is 10. The Hall–Kier alpha value is -6.13. The number of primary amides is 1. The quantitative estimate of drug-likeness (QED) is 0.0588. The lowest BCUT2D eigenvalue weighted by atomic mass is 10.1. The Morgan fingerprint density at radius 3 is 1.65 bits per heavy atom. The molecule has 13 N–H and O–H groups in total. The summed E-state index contributed by atoms with van der Waals surface area (Å²) in [6, 6.07) is -9.52. The number of carbonyl (C=O) groups is 10. The monoisotopic (exact) mass is 805 g/mol. The Morgan fingerprint density at radius 2 is 1.16 bits per heavy atom. The molecule has 23 nitrogen and oxygen atoms in total. The first-order chi connectivity index (χ1) is 26.6. The molecule has 23 heteroatoms. The van der Waals surface area contributed by atoms with Crippen molar-refractivity contribution in [3.63, 3.8) is 0 Å². The Balaban J connectivity index is 1.81. The van der Waals surface area contributed by atoms with Crippen LogP contribution < -0.4 is 54.0 Å². The molecule has 2 rings (SSSR count). The summed E-state index contributed by atoms with van der Waals surface area (Å²) in [5, 5.41) is 19.4. The van der Waals surface area contributed by atoms with Gasteiger partial charge in [0.2, 0.25) is 59.1 Å². The van der Waals surface area contributed by atoms with Crippen LogP contribution in [0.3, 0.4) is 0 Å². The zero-order valence-electron chi connectivity index (χ0n) is 33.0. The highest BCUT2D eigenvalue weighted by molar-refractivity contribution is 5.98. The lowest BCUT2D eigenvalue weighted by Gasteiger charge is -2.28. The number of nitrogens with zero attached hydrogens (tertiary/aromatic N) is 2. The van der Waals surface area contributed by atoms with Gasteiger partial charge in [-0.25, -0.2) is 4.98 Å². The third-order valence-corrected chi connectivity index (χ3v) is 8.89. The lowest BCUT2D eigenvalue weighted by Crippen LogP contribution is -2.58. The SMILES string of the molecule is C[C@H](NC(=O)CNC(=O)[C@H](C)NC(=O)[C@H](C)NC(=O)[C@H](C)NC(=O)[C@H](C)NC(=O)[C@@H]1CCCN1C(=O)[C@H](C)NC(=O)[C@H](C)NC(=O)[C@@H](N)Cc1cnc[nH]1)C(N)=O. The van der Waals surface area contributed by atoms with Crippen LogP contribution in [0.2, 0.25) is 0 Å². The zero-order chi connectivity index (χ0) is 43.1. The molecule has 0 aliphatic carbocycles. The number of hydrogen-bond acceptors (Lipinski definition) is 12. The van der Waals surface area contributed by atoms with Crippen molar-refractivity contribution in [3.05, 3.63) is 18.2 Å².